The third-order valence-electron chi connectivity index (χ3n) is 5.80. The summed E-state index contributed by atoms with van der Waals surface area (Å²) in [5, 5.41) is 12.5. The van der Waals surface area contributed by atoms with Crippen molar-refractivity contribution in [3.05, 3.63) is 117 Å². The van der Waals surface area contributed by atoms with E-state index in [1.165, 1.54) is 0 Å². The van der Waals surface area contributed by atoms with Gasteiger partial charge < -0.3 is 15.0 Å². The zero-order valence-electron chi connectivity index (χ0n) is 17.8. The summed E-state index contributed by atoms with van der Waals surface area (Å²) in [6.45, 7) is 0.641. The first kappa shape index (κ1) is 20.9. The average Bonchev–Trinajstić information content (AvgIpc) is 2.79. The van der Waals surface area contributed by atoms with Crippen LogP contribution < -0.4 is 5.56 Å². The molecule has 156 valence electrons. The maximum atomic E-state index is 12.9. The third-order valence-corrected chi connectivity index (χ3v) is 5.80. The molecule has 1 aliphatic rings. The minimum Gasteiger partial charge on any atom is -0.383 e. The van der Waals surface area contributed by atoms with Gasteiger partial charge in [0.25, 0.3) is 5.56 Å². The highest BCUT2D eigenvalue weighted by Crippen LogP contribution is 2.45. The summed E-state index contributed by atoms with van der Waals surface area (Å²) >= 11 is 0. The maximum absolute atomic E-state index is 12.9. The molecule has 0 saturated heterocycles. The van der Waals surface area contributed by atoms with Crippen molar-refractivity contribution in [2.45, 2.75) is 17.9 Å². The van der Waals surface area contributed by atoms with Gasteiger partial charge >= 0.3 is 0 Å². The van der Waals surface area contributed by atoms with E-state index in [9.17, 15) is 9.90 Å². The first-order chi connectivity index (χ1) is 15.0. The molecule has 0 spiro atoms. The number of nitrogens with one attached hydrogen (secondary N) is 1. The Morgan fingerprint density at radius 2 is 1.77 bits per heavy atom. The van der Waals surface area contributed by atoms with Crippen LogP contribution in [0.2, 0.25) is 0 Å². The average molecular weight is 411 g/mol. The smallest absolute Gasteiger partial charge is 0.251 e. The van der Waals surface area contributed by atoms with Gasteiger partial charge in [-0.2, -0.15) is 0 Å². The van der Waals surface area contributed by atoms with E-state index >= 15 is 0 Å². The van der Waals surface area contributed by atoms with E-state index in [1.807, 2.05) is 79.7 Å². The summed E-state index contributed by atoms with van der Waals surface area (Å²) in [7, 11) is 3.96. The highest BCUT2D eigenvalue weighted by atomic mass is 16.3. The normalized spacial score (nSPS) is 15.3. The van der Waals surface area contributed by atoms with E-state index in [2.05, 4.69) is 16.4 Å². The molecule has 31 heavy (non-hydrogen) atoms. The van der Waals surface area contributed by atoms with Gasteiger partial charge in [0.2, 0.25) is 0 Å². The lowest BCUT2D eigenvalue weighted by atomic mass is 9.69. The van der Waals surface area contributed by atoms with Gasteiger partial charge in [0.05, 0.1) is 0 Å². The predicted molar refractivity (Wildman–Crippen MR) is 125 cm³/mol. The van der Waals surface area contributed by atoms with Crippen LogP contribution in [0, 0.1) is 0 Å². The van der Waals surface area contributed by atoms with Gasteiger partial charge in [0, 0.05) is 29.8 Å². The molecule has 1 aromatic heterocycles. The summed E-state index contributed by atoms with van der Waals surface area (Å²) in [6, 6.07) is 21.3. The molecule has 0 bridgehead atoms. The third kappa shape index (κ3) is 4.11. The molecule has 4 rings (SSSR count). The zero-order chi connectivity index (χ0) is 21.8. The minimum atomic E-state index is -1.38. The van der Waals surface area contributed by atoms with Gasteiger partial charge in [-0.3, -0.25) is 4.79 Å². The van der Waals surface area contributed by atoms with Gasteiger partial charge in [-0.15, -0.1) is 0 Å². The molecule has 2 atom stereocenters. The number of fused-ring (bicyclic) bond motifs is 1. The molecule has 0 amide bonds. The van der Waals surface area contributed by atoms with Crippen molar-refractivity contribution in [3.8, 4) is 0 Å². The molecule has 1 heterocycles. The monoisotopic (exact) mass is 410 g/mol. The second-order valence-electron chi connectivity index (χ2n) is 8.15. The number of rotatable bonds is 7. The molecular formula is C27H26N2O2. The molecule has 0 radical (unpaired) electrons. The fourth-order valence-corrected chi connectivity index (χ4v) is 4.27. The number of H-pyrrole nitrogens is 1. The van der Waals surface area contributed by atoms with Gasteiger partial charge in [0.15, 0.2) is 0 Å². The Morgan fingerprint density at radius 1 is 1.03 bits per heavy atom. The highest BCUT2D eigenvalue weighted by molar-refractivity contribution is 5.82. The number of benzene rings is 2. The van der Waals surface area contributed by atoms with E-state index < -0.39 is 11.5 Å². The summed E-state index contributed by atoms with van der Waals surface area (Å²) in [4.78, 5) is 17.7. The number of nitrogens with zero attached hydrogens (tertiary/aromatic N) is 1. The fourth-order valence-electron chi connectivity index (χ4n) is 4.27. The zero-order valence-corrected chi connectivity index (χ0v) is 17.8. The van der Waals surface area contributed by atoms with Crippen LogP contribution in [0.25, 0.3) is 11.6 Å². The van der Waals surface area contributed by atoms with Gasteiger partial charge in [0.1, 0.15) is 5.60 Å². The van der Waals surface area contributed by atoms with Crippen LogP contribution in [0.1, 0.15) is 34.6 Å². The van der Waals surface area contributed by atoms with E-state index in [0.717, 1.165) is 16.7 Å². The second kappa shape index (κ2) is 8.77. The molecule has 0 fully saturated rings. The van der Waals surface area contributed by atoms with Crippen LogP contribution >= 0.6 is 0 Å². The number of hydrogen-bond donors (Lipinski definition) is 2. The Bertz CT molecular complexity index is 1230. The highest BCUT2D eigenvalue weighted by Gasteiger charge is 2.44. The van der Waals surface area contributed by atoms with Crippen molar-refractivity contribution in [1.29, 1.82) is 0 Å². The van der Waals surface area contributed by atoms with Crippen molar-refractivity contribution >= 4 is 11.6 Å². The van der Waals surface area contributed by atoms with Gasteiger partial charge in [-0.25, -0.2) is 0 Å². The lowest BCUT2D eigenvalue weighted by molar-refractivity contribution is 0.0665. The van der Waals surface area contributed by atoms with Gasteiger partial charge in [-0.05, 0) is 49.3 Å². The molecule has 2 unspecified atom stereocenters. The Labute approximate surface area is 182 Å². The molecule has 0 saturated carbocycles. The summed E-state index contributed by atoms with van der Waals surface area (Å²) in [5.41, 5.74) is 8.66. The Hall–Kier alpha value is -3.39. The van der Waals surface area contributed by atoms with Crippen molar-refractivity contribution in [2.24, 2.45) is 0 Å². The maximum Gasteiger partial charge on any atom is 0.251 e. The van der Waals surface area contributed by atoms with Crippen molar-refractivity contribution in [2.75, 3.05) is 20.6 Å². The molecule has 4 nitrogen and oxygen atoms in total. The van der Waals surface area contributed by atoms with Crippen molar-refractivity contribution < 1.29 is 5.11 Å². The van der Waals surface area contributed by atoms with Gasteiger partial charge in [-0.1, -0.05) is 72.1 Å². The van der Waals surface area contributed by atoms with Crippen LogP contribution in [0.4, 0.5) is 0 Å². The Balaban J connectivity index is 1.99. The molecule has 1 aliphatic carbocycles. The number of aromatic nitrogens is 1. The predicted octanol–water partition coefficient (Wildman–Crippen LogP) is 4.05. The van der Waals surface area contributed by atoms with E-state index in [-0.39, 0.29) is 5.56 Å². The quantitative estimate of drug-likeness (QED) is 0.578. The number of aliphatic hydroxyl groups is 1. The van der Waals surface area contributed by atoms with Crippen LogP contribution in [-0.2, 0) is 0 Å². The van der Waals surface area contributed by atoms with Crippen LogP contribution in [-0.4, -0.2) is 41.2 Å². The van der Waals surface area contributed by atoms with E-state index in [0.29, 0.717) is 24.1 Å². The number of aromatic amines is 1. The fraction of sp³-hybridized carbons (Fsp3) is 0.222. The van der Waals surface area contributed by atoms with Crippen LogP contribution in [0.15, 0.2) is 89.2 Å². The van der Waals surface area contributed by atoms with Crippen LogP contribution in [0.3, 0.4) is 0 Å². The standard InChI is InChI=1S/C27H26N2O2/c1-29(2)19-17-27(31,24-16-8-13-20-10-6-7-14-22(20)24)25(21-11-4-3-5-12-21)23-15-9-18-28-26(23)30/h3-7,9-15,18,25,31H,17,19H2,1-2H3,(H,28,30). The lowest BCUT2D eigenvalue weighted by Crippen LogP contribution is -2.43. The molecule has 2 N–H and O–H groups in total. The number of hydrogen-bond acceptors (Lipinski definition) is 3. The summed E-state index contributed by atoms with van der Waals surface area (Å²) in [5.74, 6) is -0.575. The summed E-state index contributed by atoms with van der Waals surface area (Å²) < 4.78 is 0. The second-order valence-corrected chi connectivity index (χ2v) is 8.15. The molecule has 4 heteroatoms. The molecule has 0 aliphatic heterocycles. The Kier molecular flexibility index (Phi) is 5.90. The summed E-state index contributed by atoms with van der Waals surface area (Å²) in [6.07, 6.45) is 3.91. The SMILES string of the molecule is CN(C)CCC(O)(C1=C=C=Cc2ccccc21)C(c1ccccc1)c1ccc[nH]c1=O. The lowest BCUT2D eigenvalue weighted by Gasteiger charge is -2.39. The van der Waals surface area contributed by atoms with E-state index in [4.69, 9.17) is 0 Å². The van der Waals surface area contributed by atoms with Crippen molar-refractivity contribution in [1.82, 2.24) is 9.88 Å². The molecule has 2 aromatic carbocycles. The Morgan fingerprint density at radius 3 is 2.52 bits per heavy atom. The first-order valence-corrected chi connectivity index (χ1v) is 10.4. The molecule has 3 aromatic rings. The van der Waals surface area contributed by atoms with Crippen LogP contribution in [0.5, 0.6) is 0 Å². The van der Waals surface area contributed by atoms with E-state index in [1.54, 1.807) is 18.3 Å². The topological polar surface area (TPSA) is 56.3 Å². The number of pyridine rings is 1. The molecular weight excluding hydrogens is 384 g/mol. The van der Waals surface area contributed by atoms with Crippen molar-refractivity contribution in [3.63, 3.8) is 0 Å². The largest absolute Gasteiger partial charge is 0.383 e. The first-order valence-electron chi connectivity index (χ1n) is 10.4. The minimum absolute atomic E-state index is 0.205.